The second kappa shape index (κ2) is 4.91. The van der Waals surface area contributed by atoms with Gasteiger partial charge in [-0.3, -0.25) is 9.59 Å². The van der Waals surface area contributed by atoms with Gasteiger partial charge in [-0.1, -0.05) is 13.8 Å². The van der Waals surface area contributed by atoms with Gasteiger partial charge in [-0.05, 0) is 43.6 Å². The third-order valence-corrected chi connectivity index (χ3v) is 5.33. The van der Waals surface area contributed by atoms with Gasteiger partial charge in [0.05, 0.1) is 5.56 Å². The van der Waals surface area contributed by atoms with E-state index in [-0.39, 0.29) is 28.8 Å². The van der Waals surface area contributed by atoms with Crippen LogP contribution in [-0.2, 0) is 4.79 Å². The Kier molecular flexibility index (Phi) is 3.36. The smallest absolute Gasteiger partial charge is 0.336 e. The minimum absolute atomic E-state index is 0.130. The van der Waals surface area contributed by atoms with Gasteiger partial charge in [0.15, 0.2) is 5.78 Å². The maximum absolute atomic E-state index is 12.5. The molecule has 5 heteroatoms. The van der Waals surface area contributed by atoms with Crippen LogP contribution >= 0.6 is 0 Å². The van der Waals surface area contributed by atoms with E-state index >= 15 is 0 Å². The molecule has 2 saturated carbocycles. The number of carbonyl (C=O) groups is 2. The summed E-state index contributed by atoms with van der Waals surface area (Å²) in [5.74, 6) is 0.711. The Hall–Kier alpha value is -2.17. The van der Waals surface area contributed by atoms with Gasteiger partial charge in [-0.25, -0.2) is 4.79 Å². The molecule has 1 heterocycles. The van der Waals surface area contributed by atoms with E-state index in [4.69, 9.17) is 4.42 Å². The van der Waals surface area contributed by atoms with E-state index in [0.717, 1.165) is 5.57 Å². The van der Waals surface area contributed by atoms with Gasteiger partial charge in [0.1, 0.15) is 5.76 Å². The van der Waals surface area contributed by atoms with Crippen molar-refractivity contribution in [1.29, 1.82) is 0 Å². The Balaban J connectivity index is 1.91. The molecule has 2 fully saturated rings. The molecule has 0 aliphatic heterocycles. The van der Waals surface area contributed by atoms with Gasteiger partial charge >= 0.3 is 5.63 Å². The molecule has 1 N–H and O–H groups in total. The zero-order chi connectivity index (χ0) is 17.1. The Labute approximate surface area is 134 Å². The van der Waals surface area contributed by atoms with Crippen LogP contribution in [0, 0.1) is 31.1 Å². The molecule has 2 atom stereocenters. The Morgan fingerprint density at radius 3 is 2.52 bits per heavy atom. The fourth-order valence-corrected chi connectivity index (χ4v) is 4.02. The van der Waals surface area contributed by atoms with Crippen LogP contribution in [0.4, 0.5) is 0 Å². The highest BCUT2D eigenvalue weighted by Crippen LogP contribution is 2.68. The fourth-order valence-electron chi connectivity index (χ4n) is 4.02. The monoisotopic (exact) mass is 315 g/mol. The van der Waals surface area contributed by atoms with Gasteiger partial charge in [0, 0.05) is 23.8 Å². The van der Waals surface area contributed by atoms with Crippen molar-refractivity contribution < 1.29 is 14.0 Å². The van der Waals surface area contributed by atoms with Crippen molar-refractivity contribution in [1.82, 2.24) is 5.32 Å². The third kappa shape index (κ3) is 2.35. The maximum atomic E-state index is 12.5. The number of rotatable bonds is 2. The van der Waals surface area contributed by atoms with Gasteiger partial charge in [0.25, 0.3) is 5.91 Å². The summed E-state index contributed by atoms with van der Waals surface area (Å²) in [6, 6.07) is 1.30. The van der Waals surface area contributed by atoms with Crippen molar-refractivity contribution >= 4 is 11.7 Å². The zero-order valence-corrected chi connectivity index (χ0v) is 14.1. The minimum atomic E-state index is -0.472. The van der Waals surface area contributed by atoms with E-state index in [9.17, 15) is 14.4 Å². The van der Waals surface area contributed by atoms with Crippen LogP contribution in [-0.4, -0.2) is 11.7 Å². The van der Waals surface area contributed by atoms with Crippen molar-refractivity contribution in [3.05, 3.63) is 44.6 Å². The summed E-state index contributed by atoms with van der Waals surface area (Å²) in [4.78, 5) is 36.0. The molecule has 1 aromatic heterocycles. The number of carbonyl (C=O) groups excluding carboxylic acids is 2. The summed E-state index contributed by atoms with van der Waals surface area (Å²) in [5.41, 5.74) is 1.95. The van der Waals surface area contributed by atoms with Crippen molar-refractivity contribution in [2.24, 2.45) is 17.3 Å². The summed E-state index contributed by atoms with van der Waals surface area (Å²) >= 11 is 0. The first-order valence-corrected chi connectivity index (χ1v) is 7.81. The van der Waals surface area contributed by atoms with Crippen LogP contribution < -0.4 is 10.9 Å². The summed E-state index contributed by atoms with van der Waals surface area (Å²) in [7, 11) is 0. The second-order valence-electron chi connectivity index (χ2n) is 7.21. The molecule has 0 spiro atoms. The van der Waals surface area contributed by atoms with Crippen LogP contribution in [0.5, 0.6) is 0 Å². The largest absolute Gasteiger partial charge is 0.427 e. The average Bonchev–Trinajstić information content (AvgIpc) is 2.77. The molecule has 122 valence electrons. The first kappa shape index (κ1) is 15.7. The van der Waals surface area contributed by atoms with Gasteiger partial charge in [-0.2, -0.15) is 0 Å². The molecule has 5 nitrogen and oxygen atoms in total. The van der Waals surface area contributed by atoms with E-state index in [1.165, 1.54) is 6.07 Å². The predicted molar refractivity (Wildman–Crippen MR) is 85.0 cm³/mol. The predicted octanol–water partition coefficient (Wildman–Crippen LogP) is 2.51. The number of Topliss-reactive ketones (excluding diaryl/α,β-unsaturated/α-hetero) is 1. The Morgan fingerprint density at radius 2 is 1.96 bits per heavy atom. The number of amides is 1. The Morgan fingerprint density at radius 1 is 1.30 bits per heavy atom. The lowest BCUT2D eigenvalue weighted by Crippen LogP contribution is -2.27. The lowest BCUT2D eigenvalue weighted by molar-refractivity contribution is -0.115. The van der Waals surface area contributed by atoms with Crippen molar-refractivity contribution in [2.75, 3.05) is 0 Å². The highest BCUT2D eigenvalue weighted by atomic mass is 16.4. The molecule has 3 rings (SSSR count). The second-order valence-corrected chi connectivity index (χ2v) is 7.21. The topological polar surface area (TPSA) is 76.4 Å². The molecule has 0 unspecified atom stereocenters. The van der Waals surface area contributed by atoms with E-state index in [0.29, 0.717) is 29.2 Å². The lowest BCUT2D eigenvalue weighted by atomic mass is 9.95. The van der Waals surface area contributed by atoms with Crippen LogP contribution in [0.15, 0.2) is 26.5 Å². The van der Waals surface area contributed by atoms with Crippen LogP contribution in [0.25, 0.3) is 0 Å². The quantitative estimate of drug-likeness (QED) is 0.851. The molecule has 0 radical (unpaired) electrons. The van der Waals surface area contributed by atoms with E-state index in [1.54, 1.807) is 20.8 Å². The molecule has 1 amide bonds. The highest BCUT2D eigenvalue weighted by molar-refractivity contribution is 6.03. The normalized spacial score (nSPS) is 26.7. The minimum Gasteiger partial charge on any atom is -0.427 e. The lowest BCUT2D eigenvalue weighted by Gasteiger charge is -2.14. The highest BCUT2D eigenvalue weighted by Gasteiger charge is 2.65. The molecule has 2 aliphatic rings. The first-order valence-electron chi connectivity index (χ1n) is 7.81. The molecule has 0 saturated heterocycles. The molecule has 2 aliphatic carbocycles. The van der Waals surface area contributed by atoms with Crippen molar-refractivity contribution in [2.45, 2.75) is 41.0 Å². The molecule has 23 heavy (non-hydrogen) atoms. The summed E-state index contributed by atoms with van der Waals surface area (Å²) in [6.07, 6.45) is 0.568. The number of hydrogen-bond donors (Lipinski definition) is 1. The van der Waals surface area contributed by atoms with Crippen LogP contribution in [0.1, 0.15) is 48.9 Å². The molecular weight excluding hydrogens is 294 g/mol. The molecular formula is C18H21NO4. The van der Waals surface area contributed by atoms with Crippen molar-refractivity contribution in [3.63, 3.8) is 0 Å². The molecule has 1 aromatic rings. The number of ketones is 1. The van der Waals surface area contributed by atoms with E-state index in [1.807, 2.05) is 0 Å². The average molecular weight is 315 g/mol. The standard InChI is InChI=1S/C18H21NO4/c1-8-6-13(21)23-10(3)14(8)17(22)19-9(2)15-12(20)7-11-16(15)18(11,4)5/h6,11,16H,7H2,1-5H3,(H,19,22)/t11-,16-/m1/s1. The summed E-state index contributed by atoms with van der Waals surface area (Å²) in [5, 5.41) is 2.82. The fraction of sp³-hybridized carbons (Fsp3) is 0.500. The van der Waals surface area contributed by atoms with Crippen LogP contribution in [0.3, 0.4) is 0 Å². The maximum Gasteiger partial charge on any atom is 0.336 e. The molecule has 0 aromatic carbocycles. The number of hydrogen-bond acceptors (Lipinski definition) is 4. The summed E-state index contributed by atoms with van der Waals surface area (Å²) in [6.45, 7) is 9.37. The molecule has 0 bridgehead atoms. The number of allylic oxidation sites excluding steroid dienone is 2. The Bertz CT molecular complexity index is 787. The first-order chi connectivity index (χ1) is 10.6. The van der Waals surface area contributed by atoms with E-state index in [2.05, 4.69) is 19.2 Å². The number of fused-ring (bicyclic) bond motifs is 1. The van der Waals surface area contributed by atoms with Gasteiger partial charge < -0.3 is 9.73 Å². The number of aryl methyl sites for hydroxylation is 2. The SMILES string of the molecule is CC(NC(=O)c1c(C)cc(=O)oc1C)=C1C(=O)C[C@@H]2[C@H]1C2(C)C. The number of nitrogens with one attached hydrogen (secondary N) is 1. The zero-order valence-electron chi connectivity index (χ0n) is 14.1. The van der Waals surface area contributed by atoms with E-state index < -0.39 is 5.63 Å². The van der Waals surface area contributed by atoms with Crippen molar-refractivity contribution in [3.8, 4) is 0 Å². The third-order valence-electron chi connectivity index (χ3n) is 5.33. The van der Waals surface area contributed by atoms with Gasteiger partial charge in [0.2, 0.25) is 0 Å². The van der Waals surface area contributed by atoms with Crippen LogP contribution in [0.2, 0.25) is 0 Å². The summed E-state index contributed by atoms with van der Waals surface area (Å²) < 4.78 is 5.00. The van der Waals surface area contributed by atoms with Gasteiger partial charge in [-0.15, -0.1) is 0 Å².